The van der Waals surface area contributed by atoms with Crippen LogP contribution in [0.5, 0.6) is 0 Å². The molecule has 2 heterocycles. The lowest BCUT2D eigenvalue weighted by molar-refractivity contribution is -0.148. The van der Waals surface area contributed by atoms with Gasteiger partial charge in [-0.15, -0.1) is 0 Å². The van der Waals surface area contributed by atoms with Gasteiger partial charge in [-0.2, -0.15) is 4.98 Å². The summed E-state index contributed by atoms with van der Waals surface area (Å²) in [7, 11) is 0. The lowest BCUT2D eigenvalue weighted by Crippen LogP contribution is -2.37. The maximum absolute atomic E-state index is 11.5. The Hall–Kier alpha value is -1.63. The molecule has 0 aromatic carbocycles. The molecule has 1 saturated heterocycles. The first-order valence-corrected chi connectivity index (χ1v) is 7.08. The number of aromatic nitrogens is 2. The van der Waals surface area contributed by atoms with Crippen molar-refractivity contribution in [2.24, 2.45) is 5.41 Å². The van der Waals surface area contributed by atoms with Crippen LogP contribution in [0.4, 0.5) is 5.95 Å². The number of anilines is 1. The first kappa shape index (κ1) is 13.4. The summed E-state index contributed by atoms with van der Waals surface area (Å²) in [6.07, 6.45) is 3.63. The summed E-state index contributed by atoms with van der Waals surface area (Å²) in [5, 5.41) is 13.4. The average molecular weight is 281 g/mol. The normalized spacial score (nSPS) is 22.1. The quantitative estimate of drug-likeness (QED) is 0.883. The fourth-order valence-electron chi connectivity index (χ4n) is 3.02. The Bertz CT molecular complexity index is 476. The van der Waals surface area contributed by atoms with Gasteiger partial charge in [-0.05, 0) is 18.0 Å². The molecule has 7 heteroatoms. The molecule has 0 spiro atoms. The van der Waals surface area contributed by atoms with Crippen LogP contribution in [0, 0.1) is 5.41 Å². The van der Waals surface area contributed by atoms with E-state index in [0.717, 1.165) is 25.9 Å². The van der Waals surface area contributed by atoms with Crippen LogP contribution >= 0.6 is 0 Å². The monoisotopic (exact) mass is 281 g/mol. The van der Waals surface area contributed by atoms with E-state index in [9.17, 15) is 9.90 Å². The average Bonchev–Trinajstić information content (AvgIpc) is 3.10. The Morgan fingerprint density at radius 1 is 1.30 bits per heavy atom. The fourth-order valence-corrected chi connectivity index (χ4v) is 3.02. The van der Waals surface area contributed by atoms with Crippen molar-refractivity contribution in [2.45, 2.75) is 32.1 Å². The molecule has 0 unspecified atom stereocenters. The molecule has 1 aliphatic heterocycles. The molecule has 0 bridgehead atoms. The molecule has 0 amide bonds. The molecule has 1 aliphatic carbocycles. The van der Waals surface area contributed by atoms with E-state index in [1.54, 1.807) is 0 Å². The Kier molecular flexibility index (Phi) is 3.60. The topological polar surface area (TPSA) is 88.7 Å². The number of aliphatic carboxylic acids is 1. The SMILES string of the molecule is O=C(O)C1(Cc2nc(N3CCOCC3)no2)CCCC1. The lowest BCUT2D eigenvalue weighted by Gasteiger charge is -2.24. The van der Waals surface area contributed by atoms with Gasteiger partial charge in [-0.1, -0.05) is 12.8 Å². The summed E-state index contributed by atoms with van der Waals surface area (Å²) in [6.45, 7) is 2.79. The molecule has 0 radical (unpaired) electrons. The van der Waals surface area contributed by atoms with Crippen molar-refractivity contribution in [1.29, 1.82) is 0 Å². The van der Waals surface area contributed by atoms with Crippen LogP contribution in [0.2, 0.25) is 0 Å². The van der Waals surface area contributed by atoms with Crippen LogP contribution < -0.4 is 4.90 Å². The van der Waals surface area contributed by atoms with Gasteiger partial charge in [0.2, 0.25) is 5.89 Å². The Morgan fingerprint density at radius 2 is 2.00 bits per heavy atom. The number of carbonyl (C=O) groups is 1. The van der Waals surface area contributed by atoms with Crippen molar-refractivity contribution in [3.05, 3.63) is 5.89 Å². The van der Waals surface area contributed by atoms with Crippen molar-refractivity contribution >= 4 is 11.9 Å². The predicted octanol–water partition coefficient (Wildman–Crippen LogP) is 1.09. The van der Waals surface area contributed by atoms with Crippen LogP contribution in [-0.4, -0.2) is 47.5 Å². The molecule has 1 N–H and O–H groups in total. The smallest absolute Gasteiger partial charge is 0.310 e. The van der Waals surface area contributed by atoms with Gasteiger partial charge in [-0.3, -0.25) is 4.79 Å². The minimum atomic E-state index is -0.749. The molecular formula is C13H19N3O4. The van der Waals surface area contributed by atoms with E-state index < -0.39 is 11.4 Å². The molecule has 0 atom stereocenters. The third-order valence-corrected chi connectivity index (χ3v) is 4.26. The van der Waals surface area contributed by atoms with Gasteiger partial charge in [0, 0.05) is 19.5 Å². The zero-order valence-electron chi connectivity index (χ0n) is 11.4. The van der Waals surface area contributed by atoms with E-state index in [-0.39, 0.29) is 0 Å². The highest BCUT2D eigenvalue weighted by molar-refractivity contribution is 5.75. The van der Waals surface area contributed by atoms with E-state index in [4.69, 9.17) is 9.26 Å². The predicted molar refractivity (Wildman–Crippen MR) is 69.6 cm³/mol. The third-order valence-electron chi connectivity index (χ3n) is 4.26. The standard InChI is InChI=1S/C13H19N3O4/c17-11(18)13(3-1-2-4-13)9-10-14-12(15-20-10)16-5-7-19-8-6-16/h1-9H2,(H,17,18). The molecular weight excluding hydrogens is 262 g/mol. The molecule has 1 saturated carbocycles. The van der Waals surface area contributed by atoms with Gasteiger partial charge in [0.15, 0.2) is 0 Å². The number of morpholine rings is 1. The van der Waals surface area contributed by atoms with Gasteiger partial charge in [0.05, 0.1) is 18.6 Å². The zero-order valence-corrected chi connectivity index (χ0v) is 11.4. The Morgan fingerprint density at radius 3 is 2.65 bits per heavy atom. The molecule has 1 aromatic rings. The van der Waals surface area contributed by atoms with Crippen molar-refractivity contribution < 1.29 is 19.2 Å². The second-order valence-electron chi connectivity index (χ2n) is 5.56. The molecule has 3 rings (SSSR count). The van der Waals surface area contributed by atoms with E-state index in [2.05, 4.69) is 10.1 Å². The van der Waals surface area contributed by atoms with Gasteiger partial charge < -0.3 is 19.3 Å². The van der Waals surface area contributed by atoms with Gasteiger partial charge in [0.25, 0.3) is 5.95 Å². The zero-order chi connectivity index (χ0) is 14.0. The molecule has 7 nitrogen and oxygen atoms in total. The molecule has 110 valence electrons. The molecule has 2 fully saturated rings. The van der Waals surface area contributed by atoms with Crippen LogP contribution in [-0.2, 0) is 16.0 Å². The van der Waals surface area contributed by atoms with Gasteiger partial charge in [-0.25, -0.2) is 0 Å². The second-order valence-corrected chi connectivity index (χ2v) is 5.56. The Balaban J connectivity index is 1.71. The van der Waals surface area contributed by atoms with Crippen molar-refractivity contribution in [1.82, 2.24) is 10.1 Å². The van der Waals surface area contributed by atoms with Crippen LogP contribution in [0.3, 0.4) is 0 Å². The van der Waals surface area contributed by atoms with Crippen molar-refractivity contribution in [3.8, 4) is 0 Å². The number of carboxylic acids is 1. The van der Waals surface area contributed by atoms with E-state index in [1.807, 2.05) is 4.90 Å². The maximum atomic E-state index is 11.5. The number of hydrogen-bond donors (Lipinski definition) is 1. The third kappa shape index (κ3) is 2.49. The maximum Gasteiger partial charge on any atom is 0.310 e. The second kappa shape index (κ2) is 5.40. The summed E-state index contributed by atoms with van der Waals surface area (Å²) in [5.74, 6) is 0.221. The lowest BCUT2D eigenvalue weighted by atomic mass is 9.83. The molecule has 1 aromatic heterocycles. The minimum absolute atomic E-state index is 0.333. The van der Waals surface area contributed by atoms with Crippen molar-refractivity contribution in [3.63, 3.8) is 0 Å². The number of carboxylic acid groups (broad SMARTS) is 1. The number of hydrogen-bond acceptors (Lipinski definition) is 6. The van der Waals surface area contributed by atoms with E-state index in [0.29, 0.717) is 44.3 Å². The number of rotatable bonds is 4. The van der Waals surface area contributed by atoms with Crippen LogP contribution in [0.1, 0.15) is 31.6 Å². The first-order valence-electron chi connectivity index (χ1n) is 7.08. The minimum Gasteiger partial charge on any atom is -0.481 e. The highest BCUT2D eigenvalue weighted by atomic mass is 16.5. The van der Waals surface area contributed by atoms with Crippen LogP contribution in [0.25, 0.3) is 0 Å². The highest BCUT2D eigenvalue weighted by Gasteiger charge is 2.43. The summed E-state index contributed by atoms with van der Waals surface area (Å²) < 4.78 is 10.5. The van der Waals surface area contributed by atoms with Gasteiger partial charge >= 0.3 is 5.97 Å². The summed E-state index contributed by atoms with van der Waals surface area (Å²) in [5.41, 5.74) is -0.713. The summed E-state index contributed by atoms with van der Waals surface area (Å²) in [6, 6.07) is 0. The largest absolute Gasteiger partial charge is 0.481 e. The fraction of sp³-hybridized carbons (Fsp3) is 0.769. The van der Waals surface area contributed by atoms with E-state index >= 15 is 0 Å². The number of ether oxygens (including phenoxy) is 1. The van der Waals surface area contributed by atoms with E-state index in [1.165, 1.54) is 0 Å². The Labute approximate surface area is 116 Å². The summed E-state index contributed by atoms with van der Waals surface area (Å²) >= 11 is 0. The summed E-state index contributed by atoms with van der Waals surface area (Å²) in [4.78, 5) is 17.9. The highest BCUT2D eigenvalue weighted by Crippen LogP contribution is 2.41. The molecule has 2 aliphatic rings. The number of nitrogens with zero attached hydrogens (tertiary/aromatic N) is 3. The van der Waals surface area contributed by atoms with Gasteiger partial charge in [0.1, 0.15) is 0 Å². The first-order chi connectivity index (χ1) is 9.70. The van der Waals surface area contributed by atoms with Crippen LogP contribution in [0.15, 0.2) is 4.52 Å². The molecule has 20 heavy (non-hydrogen) atoms. The van der Waals surface area contributed by atoms with Crippen molar-refractivity contribution in [2.75, 3.05) is 31.2 Å².